The zero-order valence-electron chi connectivity index (χ0n) is 17.5. The fraction of sp³-hybridized carbons (Fsp3) is 0.950. The van der Waals surface area contributed by atoms with Gasteiger partial charge in [-0.1, -0.05) is 20.8 Å². The third-order valence-electron chi connectivity index (χ3n) is 4.49. The van der Waals surface area contributed by atoms with Crippen molar-refractivity contribution < 1.29 is 4.74 Å². The van der Waals surface area contributed by atoms with Gasteiger partial charge in [0.05, 0.1) is 12.7 Å². The van der Waals surface area contributed by atoms with Gasteiger partial charge < -0.3 is 20.3 Å². The molecular formula is C20H42N4O. The van der Waals surface area contributed by atoms with E-state index < -0.39 is 0 Å². The monoisotopic (exact) mass is 354 g/mol. The van der Waals surface area contributed by atoms with Crippen molar-refractivity contribution in [2.45, 2.75) is 79.4 Å². The van der Waals surface area contributed by atoms with E-state index in [1.165, 1.54) is 19.3 Å². The van der Waals surface area contributed by atoms with Gasteiger partial charge in [0.25, 0.3) is 0 Å². The van der Waals surface area contributed by atoms with Crippen molar-refractivity contribution in [3.05, 3.63) is 0 Å². The van der Waals surface area contributed by atoms with Gasteiger partial charge in [0.2, 0.25) is 0 Å². The number of ether oxygens (including phenoxy) is 1. The van der Waals surface area contributed by atoms with Crippen LogP contribution in [0.3, 0.4) is 0 Å². The number of guanidine groups is 1. The molecule has 0 unspecified atom stereocenters. The number of hydrogen-bond donors (Lipinski definition) is 2. The summed E-state index contributed by atoms with van der Waals surface area (Å²) < 4.78 is 5.66. The molecule has 1 saturated heterocycles. The van der Waals surface area contributed by atoms with Crippen molar-refractivity contribution in [3.8, 4) is 0 Å². The Labute approximate surface area is 156 Å². The fourth-order valence-corrected chi connectivity index (χ4v) is 3.03. The van der Waals surface area contributed by atoms with Gasteiger partial charge in [-0.3, -0.25) is 4.99 Å². The van der Waals surface area contributed by atoms with E-state index in [0.29, 0.717) is 17.6 Å². The second-order valence-corrected chi connectivity index (χ2v) is 8.60. The van der Waals surface area contributed by atoms with Crippen LogP contribution >= 0.6 is 0 Å². The Hall–Kier alpha value is -0.810. The summed E-state index contributed by atoms with van der Waals surface area (Å²) in [5.74, 6) is 0.984. The van der Waals surface area contributed by atoms with Gasteiger partial charge in [0.15, 0.2) is 5.96 Å². The molecule has 1 aliphatic heterocycles. The minimum atomic E-state index is 0.330. The van der Waals surface area contributed by atoms with Gasteiger partial charge in [-0.15, -0.1) is 0 Å². The Morgan fingerprint density at radius 1 is 1.24 bits per heavy atom. The molecule has 1 aliphatic rings. The Kier molecular flexibility index (Phi) is 10.4. The number of piperidine rings is 1. The van der Waals surface area contributed by atoms with E-state index in [1.54, 1.807) is 0 Å². The number of nitrogens with zero attached hydrogens (tertiary/aromatic N) is 2. The second kappa shape index (κ2) is 11.7. The van der Waals surface area contributed by atoms with E-state index in [2.05, 4.69) is 57.1 Å². The van der Waals surface area contributed by atoms with Gasteiger partial charge in [0, 0.05) is 38.8 Å². The summed E-state index contributed by atoms with van der Waals surface area (Å²) in [5.41, 5.74) is 0.396. The molecule has 2 N–H and O–H groups in total. The van der Waals surface area contributed by atoms with Crippen molar-refractivity contribution in [1.82, 2.24) is 15.5 Å². The summed E-state index contributed by atoms with van der Waals surface area (Å²) in [6, 6.07) is 0.530. The molecule has 0 amide bonds. The molecule has 5 heteroatoms. The van der Waals surface area contributed by atoms with E-state index in [9.17, 15) is 0 Å². The highest BCUT2D eigenvalue weighted by molar-refractivity contribution is 5.80. The van der Waals surface area contributed by atoms with Crippen LogP contribution in [0.4, 0.5) is 0 Å². The average molecular weight is 355 g/mol. The first-order valence-corrected chi connectivity index (χ1v) is 10.2. The minimum absolute atomic E-state index is 0.330. The number of aliphatic imine (C=N–C) groups is 1. The zero-order chi connectivity index (χ0) is 18.7. The molecule has 1 rings (SSSR count). The summed E-state index contributed by atoms with van der Waals surface area (Å²) in [6.07, 6.45) is 5.04. The third-order valence-corrected chi connectivity index (χ3v) is 4.49. The predicted octanol–water partition coefficient (Wildman–Crippen LogP) is 3.26. The van der Waals surface area contributed by atoms with Crippen LogP contribution in [0, 0.1) is 5.41 Å². The highest BCUT2D eigenvalue weighted by Gasteiger charge is 2.19. The minimum Gasteiger partial charge on any atom is -0.377 e. The largest absolute Gasteiger partial charge is 0.377 e. The van der Waals surface area contributed by atoms with E-state index >= 15 is 0 Å². The molecule has 1 heterocycles. The van der Waals surface area contributed by atoms with E-state index in [1.807, 2.05) is 0 Å². The molecule has 25 heavy (non-hydrogen) atoms. The normalized spacial score (nSPS) is 18.0. The average Bonchev–Trinajstić information content (AvgIpc) is 2.52. The quantitative estimate of drug-likeness (QED) is 0.379. The summed E-state index contributed by atoms with van der Waals surface area (Å²) in [4.78, 5) is 7.27. The molecule has 0 spiro atoms. The lowest BCUT2D eigenvalue weighted by Gasteiger charge is -2.33. The van der Waals surface area contributed by atoms with E-state index in [-0.39, 0.29) is 0 Å². The molecule has 0 aliphatic carbocycles. The van der Waals surface area contributed by atoms with Crippen LogP contribution in [0.15, 0.2) is 4.99 Å². The van der Waals surface area contributed by atoms with Crippen LogP contribution in [0.2, 0.25) is 0 Å². The SMILES string of the molecule is CCNC(=NCCCC(C)(C)C)NC1CCN(CCOC(C)C)CC1. The lowest BCUT2D eigenvalue weighted by Crippen LogP contribution is -2.49. The van der Waals surface area contributed by atoms with Crippen LogP contribution in [-0.2, 0) is 4.74 Å². The van der Waals surface area contributed by atoms with Gasteiger partial charge in [-0.05, 0) is 51.9 Å². The summed E-state index contributed by atoms with van der Waals surface area (Å²) in [5, 5.41) is 7.02. The molecule has 0 saturated carbocycles. The summed E-state index contributed by atoms with van der Waals surface area (Å²) in [6.45, 7) is 19.2. The standard InChI is InChI=1S/C20H42N4O/c1-7-21-19(22-12-8-11-20(4,5)6)23-18-9-13-24(14-10-18)15-16-25-17(2)3/h17-18H,7-16H2,1-6H3,(H2,21,22,23). The lowest BCUT2D eigenvalue weighted by molar-refractivity contribution is 0.0532. The van der Waals surface area contributed by atoms with Crippen molar-refractivity contribution in [2.24, 2.45) is 10.4 Å². The maximum atomic E-state index is 5.66. The molecule has 5 nitrogen and oxygen atoms in total. The first-order valence-electron chi connectivity index (χ1n) is 10.2. The number of likely N-dealkylation sites (tertiary alicyclic amines) is 1. The first-order chi connectivity index (χ1) is 11.8. The fourth-order valence-electron chi connectivity index (χ4n) is 3.03. The maximum Gasteiger partial charge on any atom is 0.191 e. The Bertz CT molecular complexity index is 368. The first kappa shape index (κ1) is 22.2. The van der Waals surface area contributed by atoms with Crippen molar-refractivity contribution in [3.63, 3.8) is 0 Å². The molecule has 0 bridgehead atoms. The topological polar surface area (TPSA) is 48.9 Å². The molecule has 0 aromatic carbocycles. The third kappa shape index (κ3) is 11.4. The second-order valence-electron chi connectivity index (χ2n) is 8.60. The highest BCUT2D eigenvalue weighted by Crippen LogP contribution is 2.20. The van der Waals surface area contributed by atoms with Crippen LogP contribution in [0.5, 0.6) is 0 Å². The van der Waals surface area contributed by atoms with Gasteiger partial charge >= 0.3 is 0 Å². The molecule has 148 valence electrons. The number of rotatable bonds is 9. The van der Waals surface area contributed by atoms with Crippen molar-refractivity contribution in [1.29, 1.82) is 0 Å². The number of hydrogen-bond acceptors (Lipinski definition) is 3. The smallest absolute Gasteiger partial charge is 0.191 e. The van der Waals surface area contributed by atoms with Crippen molar-refractivity contribution >= 4 is 5.96 Å². The van der Waals surface area contributed by atoms with Crippen molar-refractivity contribution in [2.75, 3.05) is 39.3 Å². The van der Waals surface area contributed by atoms with E-state index in [4.69, 9.17) is 9.73 Å². The highest BCUT2D eigenvalue weighted by atomic mass is 16.5. The lowest BCUT2D eigenvalue weighted by atomic mass is 9.91. The number of nitrogens with one attached hydrogen (secondary N) is 2. The molecule has 0 aromatic heterocycles. The Morgan fingerprint density at radius 2 is 1.92 bits per heavy atom. The van der Waals surface area contributed by atoms with Crippen LogP contribution in [-0.4, -0.2) is 62.3 Å². The Morgan fingerprint density at radius 3 is 2.48 bits per heavy atom. The summed E-state index contributed by atoms with van der Waals surface area (Å²) in [7, 11) is 0. The molecule has 0 atom stereocenters. The maximum absolute atomic E-state index is 5.66. The van der Waals surface area contributed by atoms with Gasteiger partial charge in [0.1, 0.15) is 0 Å². The summed E-state index contributed by atoms with van der Waals surface area (Å²) >= 11 is 0. The zero-order valence-corrected chi connectivity index (χ0v) is 17.5. The molecule has 1 fully saturated rings. The van der Waals surface area contributed by atoms with Crippen LogP contribution < -0.4 is 10.6 Å². The Balaban J connectivity index is 2.29. The van der Waals surface area contributed by atoms with Gasteiger partial charge in [-0.25, -0.2) is 0 Å². The van der Waals surface area contributed by atoms with E-state index in [0.717, 1.165) is 51.7 Å². The predicted molar refractivity (Wildman–Crippen MR) is 108 cm³/mol. The van der Waals surface area contributed by atoms with Crippen LogP contribution in [0.1, 0.15) is 67.2 Å². The van der Waals surface area contributed by atoms with Crippen LogP contribution in [0.25, 0.3) is 0 Å². The molecule has 0 radical (unpaired) electrons. The van der Waals surface area contributed by atoms with Gasteiger partial charge in [-0.2, -0.15) is 0 Å². The molecule has 0 aromatic rings. The molecular weight excluding hydrogens is 312 g/mol.